The van der Waals surface area contributed by atoms with Gasteiger partial charge >= 0.3 is 0 Å². The second kappa shape index (κ2) is 5.92. The van der Waals surface area contributed by atoms with Gasteiger partial charge in [0.15, 0.2) is 5.69 Å². The van der Waals surface area contributed by atoms with Crippen molar-refractivity contribution < 1.29 is 4.79 Å². The van der Waals surface area contributed by atoms with E-state index in [1.165, 1.54) is 11.3 Å². The lowest BCUT2D eigenvalue weighted by Gasteiger charge is -1.96. The highest BCUT2D eigenvalue weighted by Gasteiger charge is 2.14. The highest BCUT2D eigenvalue weighted by molar-refractivity contribution is 7.15. The van der Waals surface area contributed by atoms with Crippen LogP contribution in [-0.2, 0) is 6.42 Å². The van der Waals surface area contributed by atoms with Crippen molar-refractivity contribution in [2.24, 2.45) is 0 Å². The summed E-state index contributed by atoms with van der Waals surface area (Å²) >= 11 is 1.39. The van der Waals surface area contributed by atoms with Crippen LogP contribution in [-0.4, -0.2) is 26.3 Å². The van der Waals surface area contributed by atoms with E-state index in [-0.39, 0.29) is 5.91 Å². The lowest BCUT2D eigenvalue weighted by Crippen LogP contribution is -2.12. The number of carbonyl (C=O) groups is 1. The smallest absolute Gasteiger partial charge is 0.277 e. The van der Waals surface area contributed by atoms with E-state index in [1.807, 2.05) is 13.8 Å². The molecule has 0 fully saturated rings. The number of rotatable bonds is 5. The van der Waals surface area contributed by atoms with Crippen molar-refractivity contribution >= 4 is 22.4 Å². The van der Waals surface area contributed by atoms with Gasteiger partial charge in [-0.05, 0) is 12.5 Å². The predicted molar refractivity (Wildman–Crippen MR) is 74.5 cm³/mol. The molecule has 0 spiro atoms. The molecule has 1 amide bonds. The van der Waals surface area contributed by atoms with Crippen molar-refractivity contribution in [1.82, 2.24) is 20.4 Å². The molecule has 2 N–H and O–H groups in total. The third kappa shape index (κ3) is 3.37. The van der Waals surface area contributed by atoms with Gasteiger partial charge in [-0.2, -0.15) is 5.10 Å². The zero-order chi connectivity index (χ0) is 13.8. The van der Waals surface area contributed by atoms with Crippen LogP contribution in [0.15, 0.2) is 6.07 Å². The van der Waals surface area contributed by atoms with Crippen LogP contribution in [0.1, 0.15) is 54.3 Å². The topological polar surface area (TPSA) is 83.6 Å². The minimum atomic E-state index is -0.259. The molecular formula is C12H17N5OS. The summed E-state index contributed by atoms with van der Waals surface area (Å²) in [4.78, 5) is 12.0. The summed E-state index contributed by atoms with van der Waals surface area (Å²) in [5.41, 5.74) is 1.34. The fourth-order valence-electron chi connectivity index (χ4n) is 1.55. The van der Waals surface area contributed by atoms with Crippen molar-refractivity contribution in [1.29, 1.82) is 0 Å². The molecule has 0 unspecified atom stereocenters. The molecule has 2 aromatic heterocycles. The average Bonchev–Trinajstić information content (AvgIpc) is 2.98. The molecule has 0 atom stereocenters. The number of hydrogen-bond acceptors (Lipinski definition) is 5. The van der Waals surface area contributed by atoms with E-state index in [2.05, 4.69) is 32.6 Å². The van der Waals surface area contributed by atoms with Crippen LogP contribution >= 0.6 is 11.3 Å². The predicted octanol–water partition coefficient (Wildman–Crippen LogP) is 2.59. The maximum Gasteiger partial charge on any atom is 0.277 e. The molecule has 0 saturated heterocycles. The molecule has 6 nitrogen and oxygen atoms in total. The van der Waals surface area contributed by atoms with E-state index in [0.717, 1.165) is 23.5 Å². The van der Waals surface area contributed by atoms with Gasteiger partial charge in [0.1, 0.15) is 5.01 Å². The van der Waals surface area contributed by atoms with Crippen LogP contribution in [0.2, 0.25) is 0 Å². The molecule has 0 aliphatic carbocycles. The molecule has 19 heavy (non-hydrogen) atoms. The first-order chi connectivity index (χ1) is 9.10. The highest BCUT2D eigenvalue weighted by atomic mass is 32.1. The summed E-state index contributed by atoms with van der Waals surface area (Å²) in [6.45, 7) is 6.16. The van der Waals surface area contributed by atoms with E-state index < -0.39 is 0 Å². The minimum absolute atomic E-state index is 0.259. The van der Waals surface area contributed by atoms with Crippen LogP contribution in [0, 0.1) is 0 Å². The molecule has 0 aliphatic rings. The number of nitrogens with zero attached hydrogens (tertiary/aromatic N) is 3. The summed E-state index contributed by atoms with van der Waals surface area (Å²) in [6.07, 6.45) is 1.90. The van der Waals surface area contributed by atoms with Gasteiger partial charge in [-0.3, -0.25) is 15.2 Å². The third-order valence-corrected chi connectivity index (χ3v) is 3.68. The summed E-state index contributed by atoms with van der Waals surface area (Å²) in [6, 6.07) is 1.77. The number of carbonyl (C=O) groups excluding carboxylic acids is 1. The fourth-order valence-corrected chi connectivity index (χ4v) is 2.30. The Hall–Kier alpha value is -1.76. The summed E-state index contributed by atoms with van der Waals surface area (Å²) in [5, 5.41) is 18.9. The van der Waals surface area contributed by atoms with Gasteiger partial charge in [0, 0.05) is 11.6 Å². The Kier molecular flexibility index (Phi) is 4.26. The summed E-state index contributed by atoms with van der Waals surface area (Å²) < 4.78 is 0. The van der Waals surface area contributed by atoms with Crippen molar-refractivity contribution in [3.8, 4) is 0 Å². The number of anilines is 1. The van der Waals surface area contributed by atoms with Gasteiger partial charge in [-0.25, -0.2) is 0 Å². The highest BCUT2D eigenvalue weighted by Crippen LogP contribution is 2.22. The Balaban J connectivity index is 2.02. The fraction of sp³-hybridized carbons (Fsp3) is 0.500. The van der Waals surface area contributed by atoms with E-state index in [1.54, 1.807) is 6.07 Å². The molecule has 0 aliphatic heterocycles. The first-order valence-corrected chi connectivity index (χ1v) is 7.10. The first-order valence-electron chi connectivity index (χ1n) is 6.29. The van der Waals surface area contributed by atoms with Crippen LogP contribution < -0.4 is 5.32 Å². The Morgan fingerprint density at radius 1 is 1.47 bits per heavy atom. The summed E-state index contributed by atoms with van der Waals surface area (Å²) in [7, 11) is 0. The van der Waals surface area contributed by atoms with Crippen molar-refractivity contribution in [2.45, 2.75) is 39.5 Å². The lowest BCUT2D eigenvalue weighted by molar-refractivity contribution is 0.102. The van der Waals surface area contributed by atoms with Crippen LogP contribution in [0.4, 0.5) is 5.13 Å². The molecule has 0 radical (unpaired) electrons. The first kappa shape index (κ1) is 13.7. The maximum atomic E-state index is 12.0. The second-order valence-corrected chi connectivity index (χ2v) is 5.59. The van der Waals surface area contributed by atoms with Crippen LogP contribution in [0.3, 0.4) is 0 Å². The molecule has 2 heterocycles. The number of aromatic nitrogens is 4. The zero-order valence-corrected chi connectivity index (χ0v) is 12.0. The number of amides is 1. The normalized spacial score (nSPS) is 10.9. The van der Waals surface area contributed by atoms with Gasteiger partial charge < -0.3 is 0 Å². The van der Waals surface area contributed by atoms with Gasteiger partial charge in [0.2, 0.25) is 5.13 Å². The number of nitrogens with one attached hydrogen (secondary N) is 2. The molecule has 102 valence electrons. The number of hydrogen-bond donors (Lipinski definition) is 2. The molecule has 0 aromatic carbocycles. The van der Waals surface area contributed by atoms with E-state index in [9.17, 15) is 4.79 Å². The van der Waals surface area contributed by atoms with Gasteiger partial charge in [0.05, 0.1) is 0 Å². The molecule has 7 heteroatoms. The number of aryl methyl sites for hydroxylation is 1. The number of H-pyrrole nitrogens is 1. The van der Waals surface area contributed by atoms with Crippen molar-refractivity contribution in [3.05, 3.63) is 22.5 Å². The lowest BCUT2D eigenvalue weighted by atomic mass is 10.2. The van der Waals surface area contributed by atoms with Crippen molar-refractivity contribution in [3.63, 3.8) is 0 Å². The second-order valence-electron chi connectivity index (χ2n) is 4.58. The Morgan fingerprint density at radius 2 is 2.26 bits per heavy atom. The van der Waals surface area contributed by atoms with Crippen molar-refractivity contribution in [2.75, 3.05) is 5.32 Å². The maximum absolute atomic E-state index is 12.0. The molecule has 2 aromatic rings. The Bertz CT molecular complexity index is 560. The zero-order valence-electron chi connectivity index (χ0n) is 11.2. The number of aromatic amines is 1. The van der Waals surface area contributed by atoms with Gasteiger partial charge in [0.25, 0.3) is 5.91 Å². The van der Waals surface area contributed by atoms with Crippen LogP contribution in [0.5, 0.6) is 0 Å². The van der Waals surface area contributed by atoms with Crippen LogP contribution in [0.25, 0.3) is 0 Å². The van der Waals surface area contributed by atoms with E-state index >= 15 is 0 Å². The van der Waals surface area contributed by atoms with Gasteiger partial charge in [-0.15, -0.1) is 10.2 Å². The molecule has 2 rings (SSSR count). The molecular weight excluding hydrogens is 262 g/mol. The minimum Gasteiger partial charge on any atom is -0.295 e. The third-order valence-electron chi connectivity index (χ3n) is 2.54. The average molecular weight is 279 g/mol. The quantitative estimate of drug-likeness (QED) is 0.881. The Morgan fingerprint density at radius 3 is 2.89 bits per heavy atom. The molecule has 0 saturated carbocycles. The summed E-state index contributed by atoms with van der Waals surface area (Å²) in [5.74, 6) is 0.0507. The standard InChI is InChI=1S/C12H17N5OS/c1-4-5-8-6-9(15-14-8)10(18)13-12-17-16-11(19-12)7(2)3/h6-7H,4-5H2,1-3H3,(H,14,15)(H,13,17,18). The Labute approximate surface area is 115 Å². The van der Waals surface area contributed by atoms with E-state index in [4.69, 9.17) is 0 Å². The SMILES string of the molecule is CCCc1cc(C(=O)Nc2nnc(C(C)C)s2)n[nH]1. The monoisotopic (exact) mass is 279 g/mol. The largest absolute Gasteiger partial charge is 0.295 e. The molecule has 0 bridgehead atoms. The van der Waals surface area contributed by atoms with E-state index in [0.29, 0.717) is 16.7 Å². The van der Waals surface area contributed by atoms with Gasteiger partial charge in [-0.1, -0.05) is 38.5 Å².